The highest BCUT2D eigenvalue weighted by atomic mass is 16.7. The molecule has 13 atom stereocenters. The predicted octanol–water partition coefficient (Wildman–Crippen LogP) is 3.52. The SMILES string of the molecule is CC[C@H]1OC(=O)[C@H](C)[C@@H](O)[C@H](C)[C@@H](O[C@@H]2O[C@H](C)C[C@H](N(C)C)[C@H]2O)[C@@]2(C)C[C@@H](C)C(N)=C(C)[C@@H](OCC(=NOCc3ccccc3)CO2)[C@]1(C)O. The molecule has 4 rings (SSSR count). The molecule has 13 nitrogen and oxygen atoms in total. The Morgan fingerprint density at radius 1 is 1.06 bits per heavy atom. The van der Waals surface area contributed by atoms with Gasteiger partial charge in [-0.25, -0.2) is 0 Å². The van der Waals surface area contributed by atoms with Gasteiger partial charge in [-0.2, -0.15) is 0 Å². The Hall–Kier alpha value is -2.62. The highest BCUT2D eigenvalue weighted by Crippen LogP contribution is 2.40. The molecule has 3 aliphatic heterocycles. The zero-order valence-corrected chi connectivity index (χ0v) is 32.7. The van der Waals surface area contributed by atoms with Crippen molar-refractivity contribution < 1.29 is 48.6 Å². The maximum absolute atomic E-state index is 13.8. The summed E-state index contributed by atoms with van der Waals surface area (Å²) < 4.78 is 32.3. The second-order valence-electron chi connectivity index (χ2n) is 15.8. The van der Waals surface area contributed by atoms with Crippen LogP contribution in [0, 0.1) is 17.8 Å². The van der Waals surface area contributed by atoms with Crippen molar-refractivity contribution >= 4 is 11.7 Å². The third-order valence-corrected chi connectivity index (χ3v) is 11.2. The number of hydrogen-bond donors (Lipinski definition) is 4. The number of aliphatic hydroxyl groups excluding tert-OH is 2. The number of nitrogens with two attached hydrogens (primary N) is 1. The molecule has 1 saturated heterocycles. The summed E-state index contributed by atoms with van der Waals surface area (Å²) in [5, 5.41) is 40.1. The molecule has 0 aromatic heterocycles. The van der Waals surface area contributed by atoms with Crippen LogP contribution in [0.25, 0.3) is 0 Å². The van der Waals surface area contributed by atoms with Crippen molar-refractivity contribution in [3.63, 3.8) is 0 Å². The van der Waals surface area contributed by atoms with Crippen LogP contribution in [-0.4, -0.2) is 119 Å². The highest BCUT2D eigenvalue weighted by molar-refractivity contribution is 5.86. The standard InChI is InChI=1S/C39H63N3O10/c1-11-30-39(8,46)35-24(4)31(40)22(2)18-38(7,48-21-28(20-47-35)41-49-19-27-15-13-12-14-16-27)34(25(5)32(43)26(6)36(45)51-30)52-37-33(44)29(42(9)10)17-23(3)50-37/h12-16,22-23,25-26,29-30,32-35,37,43-44,46H,11,17-21,40H2,1-10H3/t22-,23-,25+,26-,29+,30-,32+,33-,34-,35-,37+,38-,39-/m1/s1. The molecule has 2 bridgehead atoms. The molecule has 0 saturated carbocycles. The van der Waals surface area contributed by atoms with E-state index >= 15 is 0 Å². The average Bonchev–Trinajstić information content (AvgIpc) is 3.11. The van der Waals surface area contributed by atoms with Gasteiger partial charge >= 0.3 is 5.97 Å². The fraction of sp³-hybridized carbons (Fsp3) is 0.744. The van der Waals surface area contributed by atoms with E-state index in [4.69, 9.17) is 34.3 Å². The fourth-order valence-corrected chi connectivity index (χ4v) is 7.97. The van der Waals surface area contributed by atoms with E-state index in [-0.39, 0.29) is 50.7 Å². The van der Waals surface area contributed by atoms with E-state index in [1.165, 1.54) is 0 Å². The van der Waals surface area contributed by atoms with Gasteiger partial charge in [0, 0.05) is 17.7 Å². The lowest BCUT2D eigenvalue weighted by Crippen LogP contribution is -2.60. The lowest BCUT2D eigenvalue weighted by Gasteiger charge is -2.48. The van der Waals surface area contributed by atoms with Gasteiger partial charge in [-0.1, -0.05) is 56.3 Å². The molecule has 0 radical (unpaired) electrons. The number of allylic oxidation sites excluding steroid dienone is 1. The summed E-state index contributed by atoms with van der Waals surface area (Å²) in [4.78, 5) is 21.5. The van der Waals surface area contributed by atoms with Gasteiger partial charge in [0.2, 0.25) is 0 Å². The smallest absolute Gasteiger partial charge is 0.311 e. The molecule has 0 unspecified atom stereocenters. The summed E-state index contributed by atoms with van der Waals surface area (Å²) in [6.45, 7) is 14.3. The van der Waals surface area contributed by atoms with Crippen molar-refractivity contribution in [2.45, 2.75) is 141 Å². The molecule has 13 heteroatoms. The monoisotopic (exact) mass is 733 g/mol. The van der Waals surface area contributed by atoms with Gasteiger partial charge in [-0.15, -0.1) is 0 Å². The van der Waals surface area contributed by atoms with Crippen molar-refractivity contribution in [3.8, 4) is 0 Å². The summed E-state index contributed by atoms with van der Waals surface area (Å²) in [6.07, 6.45) is -5.44. The first-order valence-corrected chi connectivity index (χ1v) is 18.6. The van der Waals surface area contributed by atoms with E-state index in [0.717, 1.165) is 5.56 Å². The number of nitrogens with zero attached hydrogens (tertiary/aromatic N) is 2. The second kappa shape index (κ2) is 17.7. The Morgan fingerprint density at radius 3 is 2.37 bits per heavy atom. The number of likely N-dealkylation sites (N-methyl/N-ethyl adjacent to an activating group) is 1. The number of fused-ring (bicyclic) bond motifs is 4. The molecule has 294 valence electrons. The first kappa shape index (κ1) is 42.1. The molecule has 1 aromatic rings. The molecule has 52 heavy (non-hydrogen) atoms. The van der Waals surface area contributed by atoms with Crippen molar-refractivity contribution in [2.75, 3.05) is 27.3 Å². The number of aliphatic hydroxyl groups is 3. The van der Waals surface area contributed by atoms with E-state index < -0.39 is 65.8 Å². The molecule has 3 heterocycles. The second-order valence-corrected chi connectivity index (χ2v) is 15.8. The molecule has 5 N–H and O–H groups in total. The van der Waals surface area contributed by atoms with Crippen LogP contribution < -0.4 is 5.73 Å². The molecule has 1 fully saturated rings. The number of ether oxygens (including phenoxy) is 5. The molecular formula is C39H63N3O10. The van der Waals surface area contributed by atoms with Gasteiger partial charge in [0.25, 0.3) is 0 Å². The minimum atomic E-state index is -1.73. The minimum absolute atomic E-state index is 0.0680. The maximum atomic E-state index is 13.8. The minimum Gasteiger partial charge on any atom is -0.459 e. The first-order valence-electron chi connectivity index (χ1n) is 18.6. The van der Waals surface area contributed by atoms with Gasteiger partial charge in [0.05, 0.1) is 43.0 Å². The summed E-state index contributed by atoms with van der Waals surface area (Å²) in [5.41, 5.74) is 6.32. The summed E-state index contributed by atoms with van der Waals surface area (Å²) in [5.74, 6) is -2.81. The number of oxime groups is 1. The van der Waals surface area contributed by atoms with E-state index in [1.54, 1.807) is 27.7 Å². The first-order chi connectivity index (χ1) is 24.4. The van der Waals surface area contributed by atoms with Crippen molar-refractivity contribution in [1.82, 2.24) is 4.90 Å². The van der Waals surface area contributed by atoms with Crippen LogP contribution in [0.3, 0.4) is 0 Å². The number of hydrogen-bond acceptors (Lipinski definition) is 13. The zero-order chi connectivity index (χ0) is 38.5. The highest BCUT2D eigenvalue weighted by Gasteiger charge is 2.51. The van der Waals surface area contributed by atoms with Gasteiger partial charge < -0.3 is 54.5 Å². The largest absolute Gasteiger partial charge is 0.459 e. The van der Waals surface area contributed by atoms with Gasteiger partial charge in [-0.05, 0) is 85.0 Å². The lowest BCUT2D eigenvalue weighted by atomic mass is 9.76. The molecule has 1 aromatic carbocycles. The van der Waals surface area contributed by atoms with Crippen LogP contribution in [0.4, 0.5) is 0 Å². The Bertz CT molecular complexity index is 1390. The molecule has 0 spiro atoms. The van der Waals surface area contributed by atoms with E-state index in [9.17, 15) is 20.1 Å². The topological polar surface area (TPSA) is 175 Å². The van der Waals surface area contributed by atoms with E-state index in [0.29, 0.717) is 23.4 Å². The lowest BCUT2D eigenvalue weighted by molar-refractivity contribution is -0.302. The third kappa shape index (κ3) is 9.54. The van der Waals surface area contributed by atoms with Gasteiger partial charge in [0.1, 0.15) is 36.2 Å². The molecule has 0 amide bonds. The Labute approximate surface area is 309 Å². The van der Waals surface area contributed by atoms with Crippen molar-refractivity contribution in [3.05, 3.63) is 47.2 Å². The van der Waals surface area contributed by atoms with Crippen LogP contribution in [0.2, 0.25) is 0 Å². The van der Waals surface area contributed by atoms with Crippen LogP contribution in [0.5, 0.6) is 0 Å². The fourth-order valence-electron chi connectivity index (χ4n) is 7.97. The number of esters is 1. The van der Waals surface area contributed by atoms with E-state index in [2.05, 4.69) is 5.16 Å². The van der Waals surface area contributed by atoms with Crippen molar-refractivity contribution in [1.29, 1.82) is 0 Å². The predicted molar refractivity (Wildman–Crippen MR) is 196 cm³/mol. The molecule has 3 aliphatic rings. The maximum Gasteiger partial charge on any atom is 0.311 e. The quantitative estimate of drug-likeness (QED) is 0.238. The molecule has 0 aliphatic carbocycles. The Morgan fingerprint density at radius 2 is 1.73 bits per heavy atom. The normalized spacial score (nSPS) is 40.8. The summed E-state index contributed by atoms with van der Waals surface area (Å²) >= 11 is 0. The van der Waals surface area contributed by atoms with E-state index in [1.807, 2.05) is 77.0 Å². The van der Waals surface area contributed by atoms with Crippen molar-refractivity contribution in [2.24, 2.45) is 28.6 Å². The van der Waals surface area contributed by atoms with Crippen LogP contribution in [-0.2, 0) is 39.9 Å². The third-order valence-electron chi connectivity index (χ3n) is 11.2. The Balaban J connectivity index is 1.88. The summed E-state index contributed by atoms with van der Waals surface area (Å²) in [6, 6.07) is 9.36. The summed E-state index contributed by atoms with van der Waals surface area (Å²) in [7, 11) is 3.80. The Kier molecular flexibility index (Phi) is 14.3. The van der Waals surface area contributed by atoms with Crippen LogP contribution in [0.1, 0.15) is 80.2 Å². The van der Waals surface area contributed by atoms with Gasteiger partial charge in [0.15, 0.2) is 6.29 Å². The van der Waals surface area contributed by atoms with Crippen LogP contribution in [0.15, 0.2) is 46.8 Å². The number of carbonyl (C=O) groups excluding carboxylic acids is 1. The average molecular weight is 734 g/mol. The van der Waals surface area contributed by atoms with Crippen LogP contribution >= 0.6 is 0 Å². The number of cyclic esters (lactones) is 1. The number of rotatable bonds is 7. The van der Waals surface area contributed by atoms with Gasteiger partial charge in [-0.3, -0.25) is 4.79 Å². The molecular weight excluding hydrogens is 670 g/mol. The number of benzene rings is 1. The number of carbonyl (C=O) groups is 1. The zero-order valence-electron chi connectivity index (χ0n) is 32.7.